The van der Waals surface area contributed by atoms with Gasteiger partial charge in [-0.2, -0.15) is 0 Å². The molecular weight excluding hydrogens is 356 g/mol. The monoisotopic (exact) mass is 368 g/mol. The third-order valence-electron chi connectivity index (χ3n) is 2.86. The van der Waals surface area contributed by atoms with Crippen molar-refractivity contribution in [3.63, 3.8) is 0 Å². The third kappa shape index (κ3) is 4.06. The summed E-state index contributed by atoms with van der Waals surface area (Å²) >= 11 is 9.46. The lowest BCUT2D eigenvalue weighted by molar-refractivity contribution is 0.103. The molecule has 2 aromatic carbocycles. The van der Waals surface area contributed by atoms with Gasteiger partial charge in [0.25, 0.3) is 0 Å². The van der Waals surface area contributed by atoms with Crippen molar-refractivity contribution in [3.8, 4) is 5.75 Å². The Morgan fingerprint density at radius 1 is 1.19 bits per heavy atom. The lowest BCUT2D eigenvalue weighted by atomic mass is 10.0. The Morgan fingerprint density at radius 2 is 1.95 bits per heavy atom. The molecule has 0 bridgehead atoms. The minimum absolute atomic E-state index is 0.121. The summed E-state index contributed by atoms with van der Waals surface area (Å²) in [6.45, 7) is 0.958. The van der Waals surface area contributed by atoms with E-state index in [9.17, 15) is 4.79 Å². The maximum Gasteiger partial charge on any atom is 0.194 e. The molecule has 0 N–H and O–H groups in total. The molecule has 0 fully saturated rings. The van der Waals surface area contributed by atoms with Gasteiger partial charge in [0.2, 0.25) is 0 Å². The van der Waals surface area contributed by atoms with Crippen molar-refractivity contribution in [2.75, 3.05) is 20.3 Å². The van der Waals surface area contributed by atoms with Gasteiger partial charge in [-0.05, 0) is 46.3 Å². The van der Waals surface area contributed by atoms with Crippen molar-refractivity contribution in [2.24, 2.45) is 0 Å². The fraction of sp³-hybridized carbons (Fsp3) is 0.188. The van der Waals surface area contributed by atoms with Crippen LogP contribution in [0.25, 0.3) is 0 Å². The molecule has 2 rings (SSSR count). The molecule has 2 aromatic rings. The SMILES string of the molecule is COCCOc1ccc(C(=O)c2ccccc2Cl)cc1Br. The van der Waals surface area contributed by atoms with Crippen LogP contribution < -0.4 is 4.74 Å². The number of benzene rings is 2. The number of carbonyl (C=O) groups excluding carboxylic acids is 1. The highest BCUT2D eigenvalue weighted by Gasteiger charge is 2.14. The van der Waals surface area contributed by atoms with E-state index in [4.69, 9.17) is 21.1 Å². The number of rotatable bonds is 6. The predicted octanol–water partition coefficient (Wildman–Crippen LogP) is 4.36. The summed E-state index contributed by atoms with van der Waals surface area (Å²) in [5.41, 5.74) is 1.04. The van der Waals surface area contributed by atoms with Gasteiger partial charge >= 0.3 is 0 Å². The summed E-state index contributed by atoms with van der Waals surface area (Å²) in [4.78, 5) is 12.4. The number of ketones is 1. The van der Waals surface area contributed by atoms with E-state index < -0.39 is 0 Å². The first-order valence-corrected chi connectivity index (χ1v) is 7.51. The molecule has 3 nitrogen and oxygen atoms in total. The van der Waals surface area contributed by atoms with E-state index in [1.807, 2.05) is 0 Å². The molecule has 21 heavy (non-hydrogen) atoms. The first-order valence-electron chi connectivity index (χ1n) is 6.34. The molecule has 0 saturated carbocycles. The first kappa shape index (κ1) is 16.0. The van der Waals surface area contributed by atoms with Crippen LogP contribution in [0.4, 0.5) is 0 Å². The number of methoxy groups -OCH3 is 1. The molecule has 0 saturated heterocycles. The van der Waals surface area contributed by atoms with Gasteiger partial charge in [-0.25, -0.2) is 0 Å². The van der Waals surface area contributed by atoms with Gasteiger partial charge < -0.3 is 9.47 Å². The average molecular weight is 370 g/mol. The molecule has 0 aliphatic heterocycles. The standard InChI is InChI=1S/C16H14BrClO3/c1-20-8-9-21-15-7-6-11(10-13(15)17)16(19)12-4-2-3-5-14(12)18/h2-7,10H,8-9H2,1H3. The van der Waals surface area contributed by atoms with Gasteiger partial charge in [0, 0.05) is 18.2 Å². The van der Waals surface area contributed by atoms with Crippen molar-refractivity contribution in [2.45, 2.75) is 0 Å². The quantitative estimate of drug-likeness (QED) is 0.560. The lowest BCUT2D eigenvalue weighted by Crippen LogP contribution is -2.06. The predicted molar refractivity (Wildman–Crippen MR) is 86.4 cm³/mol. The lowest BCUT2D eigenvalue weighted by Gasteiger charge is -2.09. The topological polar surface area (TPSA) is 35.5 Å². The normalized spacial score (nSPS) is 10.4. The fourth-order valence-corrected chi connectivity index (χ4v) is 2.51. The van der Waals surface area contributed by atoms with Crippen LogP contribution in [0.5, 0.6) is 5.75 Å². The number of halogens is 2. The number of hydrogen-bond donors (Lipinski definition) is 0. The van der Waals surface area contributed by atoms with Crippen LogP contribution in [0.3, 0.4) is 0 Å². The Hall–Kier alpha value is -1.36. The minimum Gasteiger partial charge on any atom is -0.490 e. The largest absolute Gasteiger partial charge is 0.490 e. The summed E-state index contributed by atoms with van der Waals surface area (Å²) in [5.74, 6) is 0.549. The molecule has 0 amide bonds. The molecule has 0 radical (unpaired) electrons. The molecule has 0 atom stereocenters. The van der Waals surface area contributed by atoms with E-state index in [1.54, 1.807) is 49.6 Å². The Balaban J connectivity index is 2.20. The Labute approximate surface area is 137 Å². The van der Waals surface area contributed by atoms with E-state index >= 15 is 0 Å². The Morgan fingerprint density at radius 3 is 2.62 bits per heavy atom. The van der Waals surface area contributed by atoms with Crippen molar-refractivity contribution in [3.05, 3.63) is 63.1 Å². The number of hydrogen-bond acceptors (Lipinski definition) is 3. The number of carbonyl (C=O) groups is 1. The smallest absolute Gasteiger partial charge is 0.194 e. The van der Waals surface area contributed by atoms with E-state index in [1.165, 1.54) is 0 Å². The van der Waals surface area contributed by atoms with Gasteiger partial charge in [-0.3, -0.25) is 4.79 Å². The highest BCUT2D eigenvalue weighted by atomic mass is 79.9. The van der Waals surface area contributed by atoms with Crippen LogP contribution in [0.2, 0.25) is 5.02 Å². The van der Waals surface area contributed by atoms with E-state index in [0.29, 0.717) is 35.1 Å². The molecule has 5 heteroatoms. The van der Waals surface area contributed by atoms with Crippen LogP contribution >= 0.6 is 27.5 Å². The van der Waals surface area contributed by atoms with Gasteiger partial charge in [0.15, 0.2) is 5.78 Å². The van der Waals surface area contributed by atoms with Crippen molar-refractivity contribution < 1.29 is 14.3 Å². The summed E-state index contributed by atoms with van der Waals surface area (Å²) in [5, 5.41) is 0.444. The summed E-state index contributed by atoms with van der Waals surface area (Å²) < 4.78 is 11.2. The van der Waals surface area contributed by atoms with Gasteiger partial charge in [-0.1, -0.05) is 23.7 Å². The molecule has 0 aliphatic carbocycles. The van der Waals surface area contributed by atoms with Gasteiger partial charge in [-0.15, -0.1) is 0 Å². The van der Waals surface area contributed by atoms with Crippen molar-refractivity contribution in [1.29, 1.82) is 0 Å². The van der Waals surface area contributed by atoms with E-state index in [-0.39, 0.29) is 5.78 Å². The highest BCUT2D eigenvalue weighted by molar-refractivity contribution is 9.10. The van der Waals surface area contributed by atoms with Gasteiger partial charge in [0.05, 0.1) is 16.1 Å². The second-order valence-electron chi connectivity index (χ2n) is 4.30. The molecule has 0 unspecified atom stereocenters. The van der Waals surface area contributed by atoms with Crippen LogP contribution in [-0.2, 0) is 4.74 Å². The summed E-state index contributed by atoms with van der Waals surface area (Å²) in [7, 11) is 1.61. The van der Waals surface area contributed by atoms with E-state index in [2.05, 4.69) is 15.9 Å². The molecule has 110 valence electrons. The molecule has 0 aliphatic rings. The Bertz CT molecular complexity index is 643. The van der Waals surface area contributed by atoms with Crippen LogP contribution in [-0.4, -0.2) is 26.1 Å². The summed E-state index contributed by atoms with van der Waals surface area (Å²) in [6.07, 6.45) is 0. The van der Waals surface area contributed by atoms with Gasteiger partial charge in [0.1, 0.15) is 12.4 Å². The van der Waals surface area contributed by atoms with Crippen LogP contribution in [0.15, 0.2) is 46.9 Å². The zero-order valence-electron chi connectivity index (χ0n) is 11.4. The maximum absolute atomic E-state index is 12.4. The highest BCUT2D eigenvalue weighted by Crippen LogP contribution is 2.28. The maximum atomic E-state index is 12.4. The average Bonchev–Trinajstić information content (AvgIpc) is 2.49. The zero-order valence-corrected chi connectivity index (χ0v) is 13.8. The Kier molecular flexibility index (Phi) is 5.79. The second kappa shape index (κ2) is 7.59. The number of ether oxygens (including phenoxy) is 2. The fourth-order valence-electron chi connectivity index (χ4n) is 1.79. The van der Waals surface area contributed by atoms with Crippen LogP contribution in [0, 0.1) is 0 Å². The molecular formula is C16H14BrClO3. The first-order chi connectivity index (χ1) is 10.1. The molecule has 0 aromatic heterocycles. The summed E-state index contributed by atoms with van der Waals surface area (Å²) in [6, 6.07) is 12.2. The van der Waals surface area contributed by atoms with Crippen molar-refractivity contribution >= 4 is 33.3 Å². The minimum atomic E-state index is -0.121. The van der Waals surface area contributed by atoms with Crippen LogP contribution in [0.1, 0.15) is 15.9 Å². The van der Waals surface area contributed by atoms with E-state index in [0.717, 1.165) is 4.47 Å². The third-order valence-corrected chi connectivity index (χ3v) is 3.81. The van der Waals surface area contributed by atoms with Crippen molar-refractivity contribution in [1.82, 2.24) is 0 Å². The zero-order chi connectivity index (χ0) is 15.2. The second-order valence-corrected chi connectivity index (χ2v) is 5.56. The molecule has 0 heterocycles. The molecule has 0 spiro atoms.